The van der Waals surface area contributed by atoms with Gasteiger partial charge in [0.05, 0.1) is 35.4 Å². The van der Waals surface area contributed by atoms with Crippen LogP contribution in [0.2, 0.25) is 0 Å². The van der Waals surface area contributed by atoms with E-state index in [-0.39, 0.29) is 17.9 Å². The van der Waals surface area contributed by atoms with Gasteiger partial charge in [0, 0.05) is 11.9 Å². The molecule has 3 unspecified atom stereocenters. The predicted octanol–water partition coefficient (Wildman–Crippen LogP) is 4.31. The van der Waals surface area contributed by atoms with Gasteiger partial charge in [-0.05, 0) is 62.9 Å². The molecule has 3 heterocycles. The van der Waals surface area contributed by atoms with E-state index in [2.05, 4.69) is 63.1 Å². The summed E-state index contributed by atoms with van der Waals surface area (Å²) < 4.78 is 17.3. The van der Waals surface area contributed by atoms with Crippen LogP contribution >= 0.6 is 0 Å². The van der Waals surface area contributed by atoms with E-state index >= 15 is 0 Å². The molecule has 2 aliphatic heterocycles. The Kier molecular flexibility index (Phi) is 6.91. The average Bonchev–Trinajstić information content (AvgIpc) is 3.54. The van der Waals surface area contributed by atoms with Crippen molar-refractivity contribution in [2.45, 2.75) is 78.2 Å². The highest BCUT2D eigenvalue weighted by Gasteiger charge is 2.51. The van der Waals surface area contributed by atoms with E-state index in [0.29, 0.717) is 12.5 Å². The number of methoxy groups -OCH3 is 1. The van der Waals surface area contributed by atoms with Crippen LogP contribution in [0.25, 0.3) is 21.8 Å². The van der Waals surface area contributed by atoms with Crippen molar-refractivity contribution in [2.75, 3.05) is 13.7 Å². The second-order valence-electron chi connectivity index (χ2n) is 12.4. The van der Waals surface area contributed by atoms with Gasteiger partial charge in [0.2, 0.25) is 5.91 Å². The van der Waals surface area contributed by atoms with Crippen LogP contribution in [0.15, 0.2) is 30.3 Å². The Morgan fingerprint density at radius 2 is 1.85 bits per heavy atom. The van der Waals surface area contributed by atoms with E-state index < -0.39 is 30.5 Å². The number of amides is 2. The molecule has 0 radical (unpaired) electrons. The summed E-state index contributed by atoms with van der Waals surface area (Å²) in [6, 6.07) is 9.43. The van der Waals surface area contributed by atoms with Crippen molar-refractivity contribution < 1.29 is 23.6 Å². The van der Waals surface area contributed by atoms with Crippen molar-refractivity contribution >= 4 is 46.4 Å². The normalized spacial score (nSPS) is 23.1. The lowest BCUT2D eigenvalue weighted by Crippen LogP contribution is -2.51. The van der Waals surface area contributed by atoms with Gasteiger partial charge in [-0.1, -0.05) is 45.0 Å². The Balaban J connectivity index is 1.46. The number of ether oxygens (including phenoxy) is 1. The van der Waals surface area contributed by atoms with Crippen molar-refractivity contribution in [1.29, 1.82) is 0 Å². The second-order valence-corrected chi connectivity index (χ2v) is 12.4. The molecule has 5 rings (SSSR count). The lowest BCUT2D eigenvalue weighted by molar-refractivity contribution is -0.135. The highest BCUT2D eigenvalue weighted by molar-refractivity contribution is 6.62. The molecule has 2 aromatic carbocycles. The number of fused-ring (bicyclic) bond motifs is 3. The number of aromatic amines is 1. The molecule has 0 saturated carbocycles. The molecule has 2 saturated heterocycles. The fourth-order valence-electron chi connectivity index (χ4n) is 5.55. The summed E-state index contributed by atoms with van der Waals surface area (Å²) in [7, 11) is 0.867. The van der Waals surface area contributed by atoms with Crippen LogP contribution in [0.5, 0.6) is 0 Å². The van der Waals surface area contributed by atoms with Crippen molar-refractivity contribution in [3.63, 3.8) is 0 Å². The number of hydrogen-bond acceptors (Lipinski definition) is 6. The molecule has 208 valence electrons. The molecule has 2 N–H and O–H groups in total. The number of carbonyl (C=O) groups is 2. The molecule has 39 heavy (non-hydrogen) atoms. The first-order valence-electron chi connectivity index (χ1n) is 13.7. The monoisotopic (exact) mass is 534 g/mol. The zero-order chi connectivity index (χ0) is 28.3. The highest BCUT2D eigenvalue weighted by atomic mass is 16.7. The number of nitrogens with zero attached hydrogens (tertiary/aromatic N) is 2. The number of nitrogens with one attached hydrogen (secondary N) is 2. The first kappa shape index (κ1) is 27.5. The van der Waals surface area contributed by atoms with Gasteiger partial charge >= 0.3 is 13.2 Å². The van der Waals surface area contributed by atoms with E-state index in [1.54, 1.807) is 0 Å². The van der Waals surface area contributed by atoms with E-state index in [1.807, 2.05) is 30.9 Å². The molecular weight excluding hydrogens is 495 g/mol. The summed E-state index contributed by atoms with van der Waals surface area (Å²) in [6.45, 7) is 14.8. The number of likely N-dealkylation sites (tertiary alicyclic amines) is 1. The minimum absolute atomic E-state index is 0.0917. The third-order valence-electron chi connectivity index (χ3n) is 8.54. The molecule has 2 fully saturated rings. The van der Waals surface area contributed by atoms with Crippen molar-refractivity contribution in [3.05, 3.63) is 36.2 Å². The smallest absolute Gasteiger partial charge is 0.453 e. The molecular formula is C29H39BN4O5. The van der Waals surface area contributed by atoms with E-state index in [9.17, 15) is 9.59 Å². The van der Waals surface area contributed by atoms with Crippen LogP contribution in [0.1, 0.15) is 66.8 Å². The van der Waals surface area contributed by atoms with Gasteiger partial charge in [0.15, 0.2) is 0 Å². The van der Waals surface area contributed by atoms with E-state index in [0.717, 1.165) is 39.5 Å². The van der Waals surface area contributed by atoms with Crippen LogP contribution in [-0.2, 0) is 18.8 Å². The SMILES string of the molecule is COC(=O)NC(C(=O)N1CC(C)CC1c1nc2c(ccc3cc(B4OC(C)(C)C(C)(C)O4)ccc32)[nH]1)C(C)C. The average molecular weight is 534 g/mol. The largest absolute Gasteiger partial charge is 0.494 e. The molecule has 3 atom stereocenters. The Morgan fingerprint density at radius 3 is 2.49 bits per heavy atom. The van der Waals surface area contributed by atoms with Gasteiger partial charge < -0.3 is 29.2 Å². The summed E-state index contributed by atoms with van der Waals surface area (Å²) >= 11 is 0. The number of aromatic nitrogens is 2. The minimum atomic E-state index is -0.677. The molecule has 0 aliphatic carbocycles. The van der Waals surface area contributed by atoms with Gasteiger partial charge in [0.1, 0.15) is 11.9 Å². The van der Waals surface area contributed by atoms with Crippen molar-refractivity contribution in [1.82, 2.24) is 20.2 Å². The van der Waals surface area contributed by atoms with Crippen molar-refractivity contribution in [3.8, 4) is 0 Å². The summed E-state index contributed by atoms with van der Waals surface area (Å²) in [5.74, 6) is 0.844. The number of benzene rings is 2. The number of H-pyrrole nitrogens is 1. The molecule has 10 heteroatoms. The van der Waals surface area contributed by atoms with Crippen molar-refractivity contribution in [2.24, 2.45) is 11.8 Å². The molecule has 9 nitrogen and oxygen atoms in total. The maximum absolute atomic E-state index is 13.6. The summed E-state index contributed by atoms with van der Waals surface area (Å²) in [4.78, 5) is 35.9. The first-order chi connectivity index (χ1) is 18.3. The summed E-state index contributed by atoms with van der Waals surface area (Å²) in [5, 5.41) is 4.78. The van der Waals surface area contributed by atoms with Gasteiger partial charge in [0.25, 0.3) is 0 Å². The molecule has 0 spiro atoms. The zero-order valence-corrected chi connectivity index (χ0v) is 24.1. The van der Waals surface area contributed by atoms with Crippen LogP contribution in [0.3, 0.4) is 0 Å². The van der Waals surface area contributed by atoms with Crippen LogP contribution in [0, 0.1) is 11.8 Å². The molecule has 0 bridgehead atoms. The lowest BCUT2D eigenvalue weighted by Gasteiger charge is -2.32. The Labute approximate surface area is 230 Å². The zero-order valence-electron chi connectivity index (χ0n) is 24.1. The standard InChI is InChI=1S/C29H39BN4O5/c1-16(2)23(33-27(36)37-8)26(35)34-15-17(3)13-22(34)25-31-21-12-9-18-14-19(10-11-20(18)24(21)32-25)30-38-28(4,5)29(6,7)39-30/h9-12,14,16-17,22-23H,13,15H2,1-8H3,(H,31,32)(H,33,36). The fourth-order valence-corrected chi connectivity index (χ4v) is 5.55. The molecule has 3 aromatic rings. The Bertz CT molecular complexity index is 1400. The van der Waals surface area contributed by atoms with Gasteiger partial charge in [-0.2, -0.15) is 0 Å². The maximum atomic E-state index is 13.6. The minimum Gasteiger partial charge on any atom is -0.453 e. The maximum Gasteiger partial charge on any atom is 0.494 e. The predicted molar refractivity (Wildman–Crippen MR) is 152 cm³/mol. The Hall–Kier alpha value is -3.11. The summed E-state index contributed by atoms with van der Waals surface area (Å²) in [5.41, 5.74) is 1.94. The highest BCUT2D eigenvalue weighted by Crippen LogP contribution is 2.38. The molecule has 1 aromatic heterocycles. The molecule has 2 aliphatic rings. The topological polar surface area (TPSA) is 106 Å². The quantitative estimate of drug-likeness (QED) is 0.473. The van der Waals surface area contributed by atoms with Crippen LogP contribution in [-0.4, -0.2) is 64.9 Å². The lowest BCUT2D eigenvalue weighted by atomic mass is 9.78. The van der Waals surface area contributed by atoms with Crippen LogP contribution in [0.4, 0.5) is 4.79 Å². The van der Waals surface area contributed by atoms with Gasteiger partial charge in [-0.15, -0.1) is 0 Å². The summed E-state index contributed by atoms with van der Waals surface area (Å²) in [6.07, 6.45) is 0.180. The fraction of sp³-hybridized carbons (Fsp3) is 0.552. The number of alkyl carbamates (subject to hydrolysis) is 1. The number of carbonyl (C=O) groups excluding carboxylic acids is 2. The van der Waals surface area contributed by atoms with Gasteiger partial charge in [-0.25, -0.2) is 9.78 Å². The Morgan fingerprint density at radius 1 is 1.15 bits per heavy atom. The number of rotatable bonds is 5. The molecule has 2 amide bonds. The second kappa shape index (κ2) is 9.82. The third-order valence-corrected chi connectivity index (χ3v) is 8.54. The van der Waals surface area contributed by atoms with E-state index in [4.69, 9.17) is 19.0 Å². The van der Waals surface area contributed by atoms with Gasteiger partial charge in [-0.3, -0.25) is 4.79 Å². The third kappa shape index (κ3) is 4.89. The van der Waals surface area contributed by atoms with E-state index in [1.165, 1.54) is 7.11 Å². The number of hydrogen-bond donors (Lipinski definition) is 2. The van der Waals surface area contributed by atoms with Crippen LogP contribution < -0.4 is 10.8 Å². The first-order valence-corrected chi connectivity index (χ1v) is 13.7. The number of imidazole rings is 1.